The summed E-state index contributed by atoms with van der Waals surface area (Å²) in [6.07, 6.45) is 3.67. The van der Waals surface area contributed by atoms with Crippen molar-refractivity contribution in [3.05, 3.63) is 47.9 Å². The third-order valence-corrected chi connectivity index (χ3v) is 3.58. The Balaban J connectivity index is 1.81. The maximum atomic E-state index is 12.5. The van der Waals surface area contributed by atoms with Crippen LogP contribution in [0, 0.1) is 0 Å². The number of ether oxygens (including phenoxy) is 1. The van der Waals surface area contributed by atoms with E-state index < -0.39 is 0 Å². The number of rotatable bonds is 4. The van der Waals surface area contributed by atoms with Crippen LogP contribution in [-0.4, -0.2) is 39.7 Å². The number of methoxy groups -OCH3 is 1. The van der Waals surface area contributed by atoms with Gasteiger partial charge in [-0.05, 0) is 18.2 Å². The lowest BCUT2D eigenvalue weighted by molar-refractivity contribution is 0.0780. The molecule has 0 spiro atoms. The standard InChI is InChI=1S/C16H18N4O2/c1-19(9-11-8-17-20(2)10-11)16(21)15-6-12-4-5-13(22-3)7-14(12)18-15/h4-8,10,18H,9H2,1-3H3. The normalized spacial score (nSPS) is 10.9. The molecule has 3 aromatic rings. The van der Waals surface area contributed by atoms with Crippen LogP contribution in [-0.2, 0) is 13.6 Å². The van der Waals surface area contributed by atoms with Crippen LogP contribution in [0.5, 0.6) is 5.75 Å². The zero-order valence-corrected chi connectivity index (χ0v) is 12.8. The van der Waals surface area contributed by atoms with E-state index in [0.717, 1.165) is 22.2 Å². The smallest absolute Gasteiger partial charge is 0.270 e. The monoisotopic (exact) mass is 298 g/mol. The third-order valence-electron chi connectivity index (χ3n) is 3.58. The molecule has 0 radical (unpaired) electrons. The molecule has 1 N–H and O–H groups in total. The van der Waals surface area contributed by atoms with Crippen molar-refractivity contribution in [3.8, 4) is 5.75 Å². The first-order chi connectivity index (χ1) is 10.6. The van der Waals surface area contributed by atoms with Crippen LogP contribution in [0.15, 0.2) is 36.7 Å². The number of nitrogens with one attached hydrogen (secondary N) is 1. The quantitative estimate of drug-likeness (QED) is 0.803. The Kier molecular flexibility index (Phi) is 3.58. The van der Waals surface area contributed by atoms with Gasteiger partial charge in [0, 0.05) is 49.4 Å². The number of aryl methyl sites for hydroxylation is 1. The van der Waals surface area contributed by atoms with E-state index >= 15 is 0 Å². The Bertz CT molecular complexity index is 819. The second-order valence-corrected chi connectivity index (χ2v) is 5.32. The van der Waals surface area contributed by atoms with Crippen LogP contribution < -0.4 is 4.74 Å². The molecule has 0 saturated heterocycles. The van der Waals surface area contributed by atoms with Crippen molar-refractivity contribution in [1.82, 2.24) is 19.7 Å². The van der Waals surface area contributed by atoms with E-state index in [1.165, 1.54) is 0 Å². The zero-order chi connectivity index (χ0) is 15.7. The molecule has 0 atom stereocenters. The number of aromatic amines is 1. The average molecular weight is 298 g/mol. The summed E-state index contributed by atoms with van der Waals surface area (Å²) in [7, 11) is 5.26. The molecule has 3 rings (SSSR count). The first-order valence-corrected chi connectivity index (χ1v) is 6.96. The third kappa shape index (κ3) is 2.67. The molecule has 1 aromatic carbocycles. The van der Waals surface area contributed by atoms with Crippen LogP contribution in [0.4, 0.5) is 0 Å². The molecule has 0 aliphatic rings. The summed E-state index contributed by atoms with van der Waals surface area (Å²) in [6.45, 7) is 0.519. The Morgan fingerprint density at radius 2 is 2.23 bits per heavy atom. The van der Waals surface area contributed by atoms with E-state index in [1.54, 1.807) is 29.9 Å². The molecule has 1 amide bonds. The van der Waals surface area contributed by atoms with E-state index in [2.05, 4.69) is 10.1 Å². The fraction of sp³-hybridized carbons (Fsp3) is 0.250. The van der Waals surface area contributed by atoms with Crippen LogP contribution in [0.1, 0.15) is 16.1 Å². The zero-order valence-electron chi connectivity index (χ0n) is 12.8. The van der Waals surface area contributed by atoms with Crippen molar-refractivity contribution in [2.45, 2.75) is 6.54 Å². The maximum absolute atomic E-state index is 12.5. The highest BCUT2D eigenvalue weighted by atomic mass is 16.5. The van der Waals surface area contributed by atoms with Crippen molar-refractivity contribution in [2.24, 2.45) is 7.05 Å². The van der Waals surface area contributed by atoms with Crippen molar-refractivity contribution >= 4 is 16.8 Å². The lowest BCUT2D eigenvalue weighted by atomic mass is 10.2. The van der Waals surface area contributed by atoms with Crippen molar-refractivity contribution < 1.29 is 9.53 Å². The van der Waals surface area contributed by atoms with Crippen molar-refractivity contribution in [2.75, 3.05) is 14.2 Å². The van der Waals surface area contributed by atoms with Gasteiger partial charge >= 0.3 is 0 Å². The maximum Gasteiger partial charge on any atom is 0.270 e. The number of carbonyl (C=O) groups excluding carboxylic acids is 1. The Hall–Kier alpha value is -2.76. The molecule has 0 bridgehead atoms. The fourth-order valence-electron chi connectivity index (χ4n) is 2.45. The summed E-state index contributed by atoms with van der Waals surface area (Å²) >= 11 is 0. The highest BCUT2D eigenvalue weighted by Gasteiger charge is 2.15. The van der Waals surface area contributed by atoms with Crippen molar-refractivity contribution in [1.29, 1.82) is 0 Å². The minimum absolute atomic E-state index is 0.0565. The number of aromatic nitrogens is 3. The summed E-state index contributed by atoms with van der Waals surface area (Å²) in [5.74, 6) is 0.705. The molecule has 0 aliphatic heterocycles. The number of hydrogen-bond donors (Lipinski definition) is 1. The number of carbonyl (C=O) groups is 1. The molecule has 0 aliphatic carbocycles. The van der Waals surface area contributed by atoms with E-state index in [9.17, 15) is 4.79 Å². The fourth-order valence-corrected chi connectivity index (χ4v) is 2.45. The summed E-state index contributed by atoms with van der Waals surface area (Å²) in [5.41, 5.74) is 2.45. The summed E-state index contributed by atoms with van der Waals surface area (Å²) in [4.78, 5) is 17.3. The summed E-state index contributed by atoms with van der Waals surface area (Å²) in [5, 5.41) is 5.10. The lowest BCUT2D eigenvalue weighted by Gasteiger charge is -2.14. The van der Waals surface area contributed by atoms with Crippen LogP contribution in [0.25, 0.3) is 10.9 Å². The molecule has 0 saturated carbocycles. The van der Waals surface area contributed by atoms with Crippen LogP contribution >= 0.6 is 0 Å². The van der Waals surface area contributed by atoms with Gasteiger partial charge in [0.05, 0.1) is 13.3 Å². The van der Waals surface area contributed by atoms with Gasteiger partial charge in [0.15, 0.2) is 0 Å². The highest BCUT2D eigenvalue weighted by Crippen LogP contribution is 2.22. The Labute approximate surface area is 128 Å². The topological polar surface area (TPSA) is 63.1 Å². The lowest BCUT2D eigenvalue weighted by Crippen LogP contribution is -2.26. The molecular formula is C16H18N4O2. The van der Waals surface area contributed by atoms with Crippen molar-refractivity contribution in [3.63, 3.8) is 0 Å². The van der Waals surface area contributed by atoms with Gasteiger partial charge in [-0.15, -0.1) is 0 Å². The number of H-pyrrole nitrogens is 1. The molecule has 0 unspecified atom stereocenters. The number of hydrogen-bond acceptors (Lipinski definition) is 3. The second kappa shape index (κ2) is 5.55. The number of benzene rings is 1. The van der Waals surface area contributed by atoms with Gasteiger partial charge in [-0.25, -0.2) is 0 Å². The van der Waals surface area contributed by atoms with Gasteiger partial charge in [-0.2, -0.15) is 5.10 Å². The van der Waals surface area contributed by atoms with E-state index in [-0.39, 0.29) is 5.91 Å². The van der Waals surface area contributed by atoms with Crippen LogP contribution in [0.3, 0.4) is 0 Å². The van der Waals surface area contributed by atoms with Gasteiger partial charge in [0.1, 0.15) is 11.4 Å². The van der Waals surface area contributed by atoms with Crippen LogP contribution in [0.2, 0.25) is 0 Å². The Morgan fingerprint density at radius 1 is 1.41 bits per heavy atom. The predicted molar refractivity (Wildman–Crippen MR) is 83.9 cm³/mol. The molecule has 114 valence electrons. The molecule has 0 fully saturated rings. The predicted octanol–water partition coefficient (Wildman–Crippen LogP) is 2.18. The minimum Gasteiger partial charge on any atom is -0.497 e. The first kappa shape index (κ1) is 14.2. The molecule has 2 heterocycles. The van der Waals surface area contributed by atoms with E-state index in [4.69, 9.17) is 4.74 Å². The van der Waals surface area contributed by atoms with Gasteiger partial charge in [-0.1, -0.05) is 0 Å². The second-order valence-electron chi connectivity index (χ2n) is 5.32. The summed E-state index contributed by atoms with van der Waals surface area (Å²) in [6, 6.07) is 7.55. The SMILES string of the molecule is COc1ccc2cc(C(=O)N(C)Cc3cnn(C)c3)[nH]c2c1. The number of nitrogens with zero attached hydrogens (tertiary/aromatic N) is 3. The summed E-state index contributed by atoms with van der Waals surface area (Å²) < 4.78 is 6.92. The molecule has 2 aromatic heterocycles. The van der Waals surface area contributed by atoms with E-state index in [1.807, 2.05) is 37.5 Å². The largest absolute Gasteiger partial charge is 0.497 e. The number of fused-ring (bicyclic) bond motifs is 1. The van der Waals surface area contributed by atoms with Gasteiger partial charge < -0.3 is 14.6 Å². The molecular weight excluding hydrogens is 280 g/mol. The highest BCUT2D eigenvalue weighted by molar-refractivity contribution is 5.98. The Morgan fingerprint density at radius 3 is 2.91 bits per heavy atom. The minimum atomic E-state index is -0.0565. The molecule has 6 heteroatoms. The van der Waals surface area contributed by atoms with Gasteiger partial charge in [0.25, 0.3) is 5.91 Å². The average Bonchev–Trinajstić information content (AvgIpc) is 3.11. The van der Waals surface area contributed by atoms with Gasteiger partial charge in [0.2, 0.25) is 0 Å². The van der Waals surface area contributed by atoms with Gasteiger partial charge in [-0.3, -0.25) is 9.48 Å². The molecule has 22 heavy (non-hydrogen) atoms. The molecule has 6 nitrogen and oxygen atoms in total. The number of amides is 1. The van der Waals surface area contributed by atoms with E-state index in [0.29, 0.717) is 12.2 Å². The first-order valence-electron chi connectivity index (χ1n) is 6.96.